The normalized spacial score (nSPS) is 11.1. The summed E-state index contributed by atoms with van der Waals surface area (Å²) in [6.45, 7) is 2.42. The SMILES string of the molecule is CO[SiH3].C[SiH2][SiH2][SiH3]. The Morgan fingerprint density at radius 3 is 1.71 bits per heavy atom. The van der Waals surface area contributed by atoms with Crippen LogP contribution in [0.5, 0.6) is 0 Å². The first-order chi connectivity index (χ1) is 3.33. The van der Waals surface area contributed by atoms with Gasteiger partial charge in [-0.2, -0.15) is 0 Å². The topological polar surface area (TPSA) is 9.23 Å². The van der Waals surface area contributed by atoms with Crippen LogP contribution in [-0.4, -0.2) is 44.9 Å². The Bertz CT molecular complexity index is 17.2. The van der Waals surface area contributed by atoms with Gasteiger partial charge >= 0.3 is 0 Å². The molecule has 0 aliphatic heterocycles. The van der Waals surface area contributed by atoms with E-state index in [1.54, 1.807) is 16.9 Å². The van der Waals surface area contributed by atoms with Crippen molar-refractivity contribution < 1.29 is 4.43 Å². The molecule has 0 aromatic carbocycles. The van der Waals surface area contributed by atoms with Gasteiger partial charge in [0.2, 0.25) is 0 Å². The van der Waals surface area contributed by atoms with E-state index >= 15 is 0 Å². The van der Waals surface area contributed by atoms with Crippen molar-refractivity contribution in [1.82, 2.24) is 0 Å². The predicted octanol–water partition coefficient (Wildman–Crippen LogP) is -3.52. The van der Waals surface area contributed by atoms with E-state index in [9.17, 15) is 0 Å². The minimum absolute atomic E-state index is 0.625. The summed E-state index contributed by atoms with van der Waals surface area (Å²) in [7, 11) is 5.47. The smallest absolute Gasteiger partial charge is 0.145 e. The van der Waals surface area contributed by atoms with Gasteiger partial charge < -0.3 is 4.43 Å². The average molecular weight is 168 g/mol. The second kappa shape index (κ2) is 15.8. The minimum atomic E-state index is 0.625. The Labute approximate surface area is 56.4 Å². The van der Waals surface area contributed by atoms with Crippen molar-refractivity contribution in [1.29, 1.82) is 0 Å². The average Bonchev–Trinajstić information content (AvgIpc) is 1.69. The van der Waals surface area contributed by atoms with E-state index in [0.717, 1.165) is 10.5 Å². The van der Waals surface area contributed by atoms with Crippen LogP contribution in [-0.2, 0) is 4.43 Å². The molecule has 0 aliphatic carbocycles. The van der Waals surface area contributed by atoms with Crippen molar-refractivity contribution in [2.45, 2.75) is 6.55 Å². The molecule has 0 atom stereocenters. The first-order valence-corrected chi connectivity index (χ1v) is 14.6. The lowest BCUT2D eigenvalue weighted by Crippen LogP contribution is -1.94. The predicted molar refractivity (Wildman–Crippen MR) is 49.8 cm³/mol. The molecule has 0 amide bonds. The fourth-order valence-electron chi connectivity index (χ4n) is 0. The van der Waals surface area contributed by atoms with Crippen molar-refractivity contribution in [2.75, 3.05) is 7.11 Å². The molecule has 0 aromatic heterocycles. The number of rotatable bonds is 1. The van der Waals surface area contributed by atoms with E-state index in [1.165, 1.54) is 0 Å². The molecule has 0 radical (unpaired) electrons. The van der Waals surface area contributed by atoms with Gasteiger partial charge in [-0.25, -0.2) is 0 Å². The minimum Gasteiger partial charge on any atom is -0.431 e. The van der Waals surface area contributed by atoms with E-state index in [2.05, 4.69) is 11.0 Å². The van der Waals surface area contributed by atoms with Gasteiger partial charge in [-0.15, -0.1) is 0 Å². The van der Waals surface area contributed by atoms with Gasteiger partial charge in [-0.3, -0.25) is 0 Å². The lowest BCUT2D eigenvalue weighted by atomic mass is 11.8. The van der Waals surface area contributed by atoms with Crippen molar-refractivity contribution in [2.24, 2.45) is 0 Å². The fourth-order valence-corrected chi connectivity index (χ4v) is 0. The maximum atomic E-state index is 4.39. The summed E-state index contributed by atoms with van der Waals surface area (Å²) in [5.74, 6) is 0. The largest absolute Gasteiger partial charge is 0.431 e. The quantitative estimate of drug-likeness (QED) is 0.369. The van der Waals surface area contributed by atoms with E-state index in [1.807, 2.05) is 0 Å². The Balaban J connectivity index is 0. The summed E-state index contributed by atoms with van der Waals surface area (Å²) in [5, 5.41) is 0. The van der Waals surface area contributed by atoms with Gasteiger partial charge in [0, 0.05) is 16.1 Å². The second-order valence-electron chi connectivity index (χ2n) is 1.41. The third-order valence-corrected chi connectivity index (χ3v) is 13.5. The summed E-state index contributed by atoms with van der Waals surface area (Å²) >= 11 is 0. The first kappa shape index (κ1) is 10.7. The van der Waals surface area contributed by atoms with Crippen LogP contribution in [0.1, 0.15) is 0 Å². The van der Waals surface area contributed by atoms with Crippen molar-refractivity contribution >= 4 is 37.8 Å². The van der Waals surface area contributed by atoms with Crippen LogP contribution in [0.2, 0.25) is 6.55 Å². The van der Waals surface area contributed by atoms with E-state index in [-0.39, 0.29) is 0 Å². The van der Waals surface area contributed by atoms with Gasteiger partial charge in [0.15, 0.2) is 0 Å². The molecule has 0 heterocycles. The Morgan fingerprint density at radius 1 is 1.57 bits per heavy atom. The van der Waals surface area contributed by atoms with Crippen LogP contribution >= 0.6 is 0 Å². The molecule has 7 heavy (non-hydrogen) atoms. The van der Waals surface area contributed by atoms with Crippen LogP contribution in [0.25, 0.3) is 0 Å². The standard InChI is InChI=1S/CH6OSi.CH10Si3/c1-2-3;1-3-4-2/h1,3H3;3-4H2,1-2H3. The monoisotopic (exact) mass is 168 g/mol. The molecular weight excluding hydrogens is 152 g/mol. The van der Waals surface area contributed by atoms with Gasteiger partial charge in [-0.05, 0) is 18.3 Å². The van der Waals surface area contributed by atoms with E-state index in [4.69, 9.17) is 0 Å². The Morgan fingerprint density at radius 2 is 1.71 bits per heavy atom. The molecule has 0 spiro atoms. The molecule has 5 heteroatoms. The fraction of sp³-hybridized carbons (Fsp3) is 1.00. The third-order valence-electron chi connectivity index (χ3n) is 0.500. The number of hydrogen-bond donors (Lipinski definition) is 0. The highest BCUT2D eigenvalue weighted by molar-refractivity contribution is 7.23. The highest BCUT2D eigenvalue weighted by Crippen LogP contribution is 1.36. The lowest BCUT2D eigenvalue weighted by Gasteiger charge is -1.63. The maximum Gasteiger partial charge on any atom is 0.145 e. The van der Waals surface area contributed by atoms with Crippen LogP contribution in [0.4, 0.5) is 0 Å². The molecule has 0 aromatic rings. The molecule has 46 valence electrons. The van der Waals surface area contributed by atoms with Gasteiger partial charge in [0.25, 0.3) is 0 Å². The maximum absolute atomic E-state index is 4.39. The van der Waals surface area contributed by atoms with Gasteiger partial charge in [0.1, 0.15) is 10.5 Å². The summed E-state index contributed by atoms with van der Waals surface area (Å²) < 4.78 is 4.39. The zero-order chi connectivity index (χ0) is 6.12. The first-order valence-electron chi connectivity index (χ1n) is 2.73. The van der Waals surface area contributed by atoms with Crippen molar-refractivity contribution in [3.05, 3.63) is 0 Å². The lowest BCUT2D eigenvalue weighted by molar-refractivity contribution is 0.460. The molecule has 0 aliphatic rings. The molecule has 0 saturated heterocycles. The van der Waals surface area contributed by atoms with Crippen molar-refractivity contribution in [3.63, 3.8) is 0 Å². The molecule has 0 bridgehead atoms. The highest BCUT2D eigenvalue weighted by Gasteiger charge is 1.61. The Hall–Kier alpha value is 0.828. The molecule has 1 nitrogen and oxygen atoms in total. The highest BCUT2D eigenvalue weighted by atomic mass is 29.5. The van der Waals surface area contributed by atoms with Crippen LogP contribution in [0.3, 0.4) is 0 Å². The molecule has 0 N–H and O–H groups in total. The molecule has 0 saturated carbocycles. The van der Waals surface area contributed by atoms with E-state index < -0.39 is 0 Å². The van der Waals surface area contributed by atoms with Gasteiger partial charge in [-0.1, -0.05) is 6.55 Å². The Kier molecular flexibility index (Phi) is 24.3. The summed E-state index contributed by atoms with van der Waals surface area (Å²) in [4.78, 5) is 0. The number of hydrogen-bond acceptors (Lipinski definition) is 1. The van der Waals surface area contributed by atoms with Gasteiger partial charge in [0.05, 0.1) is 0 Å². The zero-order valence-electron chi connectivity index (χ0n) is 5.82. The molecular formula is C2H16OSi4. The second-order valence-corrected chi connectivity index (χ2v) is 19.2. The third kappa shape index (κ3) is 47.6. The van der Waals surface area contributed by atoms with Crippen molar-refractivity contribution in [3.8, 4) is 0 Å². The summed E-state index contributed by atoms with van der Waals surface area (Å²) in [6.07, 6.45) is 0. The van der Waals surface area contributed by atoms with Crippen LogP contribution in [0, 0.1) is 0 Å². The van der Waals surface area contributed by atoms with Crippen LogP contribution < -0.4 is 0 Å². The molecule has 0 rings (SSSR count). The molecule has 0 fully saturated rings. The van der Waals surface area contributed by atoms with E-state index in [0.29, 0.717) is 17.6 Å². The zero-order valence-corrected chi connectivity index (χ0v) is 12.7. The molecule has 0 unspecified atom stereocenters. The summed E-state index contributed by atoms with van der Waals surface area (Å²) in [5.41, 5.74) is 0. The summed E-state index contributed by atoms with van der Waals surface area (Å²) in [6, 6.07) is 0. The van der Waals surface area contributed by atoms with Crippen LogP contribution in [0.15, 0.2) is 0 Å².